The summed E-state index contributed by atoms with van der Waals surface area (Å²) >= 11 is 13.7. The molecule has 6 heteroatoms. The van der Waals surface area contributed by atoms with E-state index in [1.165, 1.54) is 5.56 Å². The molecule has 2 N–H and O–H groups in total. The van der Waals surface area contributed by atoms with Crippen LogP contribution in [0.25, 0.3) is 0 Å². The summed E-state index contributed by atoms with van der Waals surface area (Å²) in [5.74, 6) is 1.25. The quantitative estimate of drug-likeness (QED) is 0.889. The maximum absolute atomic E-state index is 6.06. The van der Waals surface area contributed by atoms with Crippen LogP contribution in [0.2, 0.25) is 10.0 Å². The van der Waals surface area contributed by atoms with E-state index in [0.29, 0.717) is 28.2 Å². The fraction of sp³-hybridized carbons (Fsp3) is 0.182. The lowest BCUT2D eigenvalue weighted by molar-refractivity contribution is 1.12. The minimum absolute atomic E-state index is 0.513. The molecule has 90 valence electrons. The fourth-order valence-electron chi connectivity index (χ4n) is 1.34. The molecule has 0 spiro atoms. The molecule has 2 aromatic rings. The van der Waals surface area contributed by atoms with E-state index in [2.05, 4.69) is 27.1 Å². The fourth-order valence-corrected chi connectivity index (χ4v) is 2.53. The minimum Gasteiger partial charge on any atom is -0.372 e. The summed E-state index contributed by atoms with van der Waals surface area (Å²) in [6.45, 7) is 0.695. The van der Waals surface area contributed by atoms with E-state index >= 15 is 0 Å². The molecule has 0 atom stereocenters. The van der Waals surface area contributed by atoms with Crippen LogP contribution in [-0.4, -0.2) is 12.0 Å². The van der Waals surface area contributed by atoms with Gasteiger partial charge >= 0.3 is 0 Å². The smallest absolute Gasteiger partial charge is 0.147 e. The van der Waals surface area contributed by atoms with Crippen LogP contribution in [0.3, 0.4) is 0 Å². The topological polar surface area (TPSA) is 37.0 Å². The zero-order valence-corrected chi connectivity index (χ0v) is 11.5. The summed E-state index contributed by atoms with van der Waals surface area (Å²) in [5, 5.41) is 11.2. The average molecular weight is 288 g/mol. The predicted octanol–water partition coefficient (Wildman–Crippen LogP) is 4.10. The number of hydrogen-bond acceptors (Lipinski definition) is 4. The van der Waals surface area contributed by atoms with E-state index < -0.39 is 0 Å². The highest BCUT2D eigenvalue weighted by molar-refractivity contribution is 7.07. The number of nitrogens with zero attached hydrogens (tertiary/aromatic N) is 1. The van der Waals surface area contributed by atoms with Crippen molar-refractivity contribution in [1.82, 2.24) is 4.98 Å². The first kappa shape index (κ1) is 12.5. The first-order chi connectivity index (χ1) is 8.20. The van der Waals surface area contributed by atoms with Crippen LogP contribution in [0.1, 0.15) is 5.56 Å². The Bertz CT molecular complexity index is 500. The average Bonchev–Trinajstić information content (AvgIpc) is 2.81. The summed E-state index contributed by atoms with van der Waals surface area (Å²) in [6, 6.07) is 3.73. The van der Waals surface area contributed by atoms with Gasteiger partial charge < -0.3 is 10.6 Å². The van der Waals surface area contributed by atoms with E-state index in [4.69, 9.17) is 23.2 Å². The maximum Gasteiger partial charge on any atom is 0.147 e. The van der Waals surface area contributed by atoms with Crippen molar-refractivity contribution in [2.75, 3.05) is 17.7 Å². The molecule has 2 aromatic heterocycles. The van der Waals surface area contributed by atoms with E-state index in [1.807, 2.05) is 5.38 Å². The predicted molar refractivity (Wildman–Crippen MR) is 75.4 cm³/mol. The second-order valence-corrected chi connectivity index (χ2v) is 4.98. The molecule has 0 bridgehead atoms. The molecule has 2 rings (SSSR count). The minimum atomic E-state index is 0.513. The van der Waals surface area contributed by atoms with Gasteiger partial charge in [-0.3, -0.25) is 0 Å². The molecule has 3 nitrogen and oxygen atoms in total. The zero-order chi connectivity index (χ0) is 12.3. The SMILES string of the molecule is CNc1nc(NCc2ccsc2)c(Cl)cc1Cl. The van der Waals surface area contributed by atoms with Gasteiger partial charge in [-0.15, -0.1) is 0 Å². The molecule has 2 heterocycles. The monoisotopic (exact) mass is 287 g/mol. The van der Waals surface area contributed by atoms with Gasteiger partial charge in [-0.25, -0.2) is 4.98 Å². The highest BCUT2D eigenvalue weighted by Gasteiger charge is 2.08. The van der Waals surface area contributed by atoms with E-state index in [1.54, 1.807) is 24.5 Å². The molecule has 0 aliphatic carbocycles. The van der Waals surface area contributed by atoms with Gasteiger partial charge in [-0.05, 0) is 28.5 Å². The van der Waals surface area contributed by atoms with Crippen molar-refractivity contribution in [1.29, 1.82) is 0 Å². The number of aromatic nitrogens is 1. The van der Waals surface area contributed by atoms with Crippen LogP contribution < -0.4 is 10.6 Å². The zero-order valence-electron chi connectivity index (χ0n) is 9.13. The van der Waals surface area contributed by atoms with Crippen LogP contribution in [0.15, 0.2) is 22.9 Å². The standard InChI is InChI=1S/C11H11Cl2N3S/c1-14-10-8(12)4-9(13)11(16-10)15-5-7-2-3-17-6-7/h2-4,6H,5H2,1H3,(H2,14,15,16). The summed E-state index contributed by atoms with van der Waals surface area (Å²) in [4.78, 5) is 4.31. The summed E-state index contributed by atoms with van der Waals surface area (Å²) in [6.07, 6.45) is 0. The van der Waals surface area contributed by atoms with Gasteiger partial charge in [0.15, 0.2) is 0 Å². The molecule has 0 aliphatic heterocycles. The molecule has 0 amide bonds. The van der Waals surface area contributed by atoms with Crippen molar-refractivity contribution in [2.45, 2.75) is 6.54 Å². The summed E-state index contributed by atoms with van der Waals surface area (Å²) in [7, 11) is 1.77. The second kappa shape index (κ2) is 5.58. The van der Waals surface area contributed by atoms with Crippen LogP contribution in [0.5, 0.6) is 0 Å². The van der Waals surface area contributed by atoms with E-state index in [9.17, 15) is 0 Å². The van der Waals surface area contributed by atoms with Crippen molar-refractivity contribution in [2.24, 2.45) is 0 Å². The van der Waals surface area contributed by atoms with Gasteiger partial charge in [0.2, 0.25) is 0 Å². The summed E-state index contributed by atoms with van der Waals surface area (Å²) in [5.41, 5.74) is 1.20. The Morgan fingerprint density at radius 1 is 1.29 bits per heavy atom. The number of rotatable bonds is 4. The van der Waals surface area contributed by atoms with E-state index in [0.717, 1.165) is 0 Å². The molecule has 0 radical (unpaired) electrons. The number of thiophene rings is 1. The Balaban J connectivity index is 2.15. The molecule has 0 saturated carbocycles. The number of nitrogens with one attached hydrogen (secondary N) is 2. The van der Waals surface area contributed by atoms with Crippen molar-refractivity contribution in [3.63, 3.8) is 0 Å². The largest absolute Gasteiger partial charge is 0.372 e. The number of anilines is 2. The first-order valence-electron chi connectivity index (χ1n) is 4.99. The third kappa shape index (κ3) is 3.03. The Morgan fingerprint density at radius 3 is 2.71 bits per heavy atom. The second-order valence-electron chi connectivity index (χ2n) is 3.38. The normalized spacial score (nSPS) is 10.3. The number of pyridine rings is 1. The number of halogens is 2. The van der Waals surface area contributed by atoms with Crippen LogP contribution in [0.4, 0.5) is 11.6 Å². The maximum atomic E-state index is 6.06. The van der Waals surface area contributed by atoms with Gasteiger partial charge in [-0.2, -0.15) is 11.3 Å². The molecule has 17 heavy (non-hydrogen) atoms. The van der Waals surface area contributed by atoms with Crippen LogP contribution >= 0.6 is 34.5 Å². The van der Waals surface area contributed by atoms with Gasteiger partial charge in [0.05, 0.1) is 10.0 Å². The lowest BCUT2D eigenvalue weighted by atomic mass is 10.3. The Hall–Kier alpha value is -0.970. The van der Waals surface area contributed by atoms with E-state index in [-0.39, 0.29) is 0 Å². The Kier molecular flexibility index (Phi) is 4.10. The first-order valence-corrected chi connectivity index (χ1v) is 6.69. The molecular formula is C11H11Cl2N3S. The van der Waals surface area contributed by atoms with Crippen LogP contribution in [0, 0.1) is 0 Å². The Morgan fingerprint density at radius 2 is 2.06 bits per heavy atom. The molecule has 0 aromatic carbocycles. The van der Waals surface area contributed by atoms with Crippen molar-refractivity contribution < 1.29 is 0 Å². The van der Waals surface area contributed by atoms with Gasteiger partial charge in [0, 0.05) is 13.6 Å². The van der Waals surface area contributed by atoms with Crippen molar-refractivity contribution >= 4 is 46.2 Å². The summed E-state index contributed by atoms with van der Waals surface area (Å²) < 4.78 is 0. The third-order valence-electron chi connectivity index (χ3n) is 2.21. The molecule has 0 aliphatic rings. The van der Waals surface area contributed by atoms with Gasteiger partial charge in [-0.1, -0.05) is 23.2 Å². The van der Waals surface area contributed by atoms with Crippen molar-refractivity contribution in [3.8, 4) is 0 Å². The number of hydrogen-bond donors (Lipinski definition) is 2. The highest BCUT2D eigenvalue weighted by Crippen LogP contribution is 2.29. The Labute approximate surface area is 114 Å². The molecular weight excluding hydrogens is 277 g/mol. The van der Waals surface area contributed by atoms with Crippen LogP contribution in [-0.2, 0) is 6.54 Å². The lowest BCUT2D eigenvalue weighted by Gasteiger charge is -2.10. The molecule has 0 fully saturated rings. The van der Waals surface area contributed by atoms with Gasteiger partial charge in [0.25, 0.3) is 0 Å². The molecule has 0 saturated heterocycles. The van der Waals surface area contributed by atoms with Crippen molar-refractivity contribution in [3.05, 3.63) is 38.5 Å². The molecule has 0 unspecified atom stereocenters. The third-order valence-corrected chi connectivity index (χ3v) is 3.51. The lowest BCUT2D eigenvalue weighted by Crippen LogP contribution is -2.03. The highest BCUT2D eigenvalue weighted by atomic mass is 35.5. The van der Waals surface area contributed by atoms with Gasteiger partial charge in [0.1, 0.15) is 11.6 Å².